The molecule has 3 rings (SSSR count). The fourth-order valence-corrected chi connectivity index (χ4v) is 5.16. The molecule has 0 aliphatic rings. The Bertz CT molecular complexity index is 1400. The maximum atomic E-state index is 11.3. The van der Waals surface area contributed by atoms with E-state index in [1.807, 2.05) is 34.9 Å². The van der Waals surface area contributed by atoms with Gasteiger partial charge in [0.25, 0.3) is 29.3 Å². The Morgan fingerprint density at radius 3 is 0.978 bits per heavy atom. The van der Waals surface area contributed by atoms with Crippen LogP contribution in [0.5, 0.6) is 0 Å². The molecule has 15 heteroatoms. The van der Waals surface area contributed by atoms with Crippen molar-refractivity contribution in [3.05, 3.63) is 89.5 Å². The van der Waals surface area contributed by atoms with Gasteiger partial charge in [0.15, 0.2) is 0 Å². The molecular formula is C30H49ClN2O9S3. The van der Waals surface area contributed by atoms with Gasteiger partial charge in [0.2, 0.25) is 0 Å². The molecule has 0 aliphatic heterocycles. The molecule has 0 aliphatic carbocycles. The summed E-state index contributed by atoms with van der Waals surface area (Å²) < 4.78 is 76.0. The molecule has 0 amide bonds. The first-order valence-corrected chi connectivity index (χ1v) is 18.8. The molecule has 0 bridgehead atoms. The summed E-state index contributed by atoms with van der Waals surface area (Å²) in [5.74, 6) is 0. The van der Waals surface area contributed by atoms with Crippen LogP contribution in [0, 0.1) is 20.8 Å². The maximum Gasteiger partial charge on any atom is 0.296 e. The van der Waals surface area contributed by atoms with E-state index >= 15 is 0 Å². The number of nitrogens with one attached hydrogen (secondary N) is 1. The SMILES string of the molecule is CCO.CCOS(=O)(=O)c1ccc(C)cc1.CCOS(=O)(=O)c1ccc(C)cc1.CN.CNC.Cc1ccc(S(=O)(=O)Cl)cc1. The van der Waals surface area contributed by atoms with Gasteiger partial charge < -0.3 is 16.2 Å². The Balaban J connectivity index is -0.000000527. The van der Waals surface area contributed by atoms with Crippen LogP contribution < -0.4 is 11.1 Å². The van der Waals surface area contributed by atoms with Gasteiger partial charge in [0.05, 0.1) is 27.9 Å². The van der Waals surface area contributed by atoms with Crippen molar-refractivity contribution in [3.8, 4) is 0 Å². The average Bonchev–Trinajstić information content (AvgIpc) is 2.96. The molecule has 0 radical (unpaired) electrons. The van der Waals surface area contributed by atoms with E-state index in [1.165, 1.54) is 19.2 Å². The summed E-state index contributed by atoms with van der Waals surface area (Å²) >= 11 is 0. The molecule has 45 heavy (non-hydrogen) atoms. The zero-order valence-electron chi connectivity index (χ0n) is 27.4. The number of aryl methyl sites for hydroxylation is 3. The van der Waals surface area contributed by atoms with Crippen molar-refractivity contribution in [2.24, 2.45) is 5.73 Å². The summed E-state index contributed by atoms with van der Waals surface area (Å²) in [7, 11) is -0.268. The zero-order chi connectivity index (χ0) is 35.7. The van der Waals surface area contributed by atoms with Gasteiger partial charge in [-0.15, -0.1) is 0 Å². The second-order valence-corrected chi connectivity index (χ2v) is 14.2. The molecule has 0 aromatic heterocycles. The molecule has 258 valence electrons. The summed E-state index contributed by atoms with van der Waals surface area (Å²) in [5, 5.41) is 10.3. The number of halogens is 1. The summed E-state index contributed by atoms with van der Waals surface area (Å²) in [4.78, 5) is 0.560. The van der Waals surface area contributed by atoms with Gasteiger partial charge in [-0.25, -0.2) is 8.42 Å². The van der Waals surface area contributed by atoms with Crippen LogP contribution in [0.1, 0.15) is 37.5 Å². The molecule has 0 heterocycles. The molecule has 3 aromatic rings. The Morgan fingerprint density at radius 2 is 0.800 bits per heavy atom. The molecular weight excluding hydrogens is 664 g/mol. The standard InChI is InChI=1S/2C9H12O3S.C7H7ClO2S.C2H7N.C2H6O.CH5N/c2*1-3-12-13(10,11)9-6-4-8(2)5-7-9;1-6-2-4-7(5-3-6)11(8,9)10;1-3-2;1-2-3;1-2/h2*4-7H,3H2,1-2H3;2-5H,1H3;3H,1-2H3;3H,2H2,1H3;2H2,1H3. The second-order valence-electron chi connectivity index (χ2n) is 8.41. The predicted molar refractivity (Wildman–Crippen MR) is 182 cm³/mol. The number of nitrogens with two attached hydrogens (primary N) is 1. The molecule has 0 saturated carbocycles. The topological polar surface area (TPSA) is 179 Å². The van der Waals surface area contributed by atoms with E-state index in [9.17, 15) is 25.3 Å². The monoisotopic (exact) mass is 712 g/mol. The minimum Gasteiger partial charge on any atom is -0.397 e. The largest absolute Gasteiger partial charge is 0.397 e. The van der Waals surface area contributed by atoms with E-state index in [0.29, 0.717) is 0 Å². The Kier molecular flexibility index (Phi) is 26.9. The van der Waals surface area contributed by atoms with E-state index < -0.39 is 29.3 Å². The molecule has 0 fully saturated rings. The summed E-state index contributed by atoms with van der Waals surface area (Å²) in [6.45, 7) is 11.2. The van der Waals surface area contributed by atoms with Gasteiger partial charge in [-0.05, 0) is 99.1 Å². The lowest BCUT2D eigenvalue weighted by atomic mass is 10.2. The highest BCUT2D eigenvalue weighted by Gasteiger charge is 2.13. The minimum absolute atomic E-state index is 0.143. The third-order valence-corrected chi connectivity index (χ3v) is 8.63. The third-order valence-electron chi connectivity index (χ3n) is 4.47. The lowest BCUT2D eigenvalue weighted by Crippen LogP contribution is -2.05. The molecule has 11 nitrogen and oxygen atoms in total. The van der Waals surface area contributed by atoms with Crippen LogP contribution in [-0.4, -0.2) is 71.3 Å². The zero-order valence-corrected chi connectivity index (χ0v) is 30.6. The summed E-state index contributed by atoms with van der Waals surface area (Å²) in [5.41, 5.74) is 7.56. The second kappa shape index (κ2) is 25.8. The average molecular weight is 713 g/mol. The molecule has 0 atom stereocenters. The smallest absolute Gasteiger partial charge is 0.296 e. The van der Waals surface area contributed by atoms with Crippen molar-refractivity contribution in [2.45, 2.75) is 56.2 Å². The fourth-order valence-electron chi connectivity index (χ4n) is 2.56. The quantitative estimate of drug-likeness (QED) is 0.227. The summed E-state index contributed by atoms with van der Waals surface area (Å²) in [6, 6.07) is 19.5. The maximum absolute atomic E-state index is 11.3. The number of aliphatic hydroxyl groups excluding tert-OH is 1. The Morgan fingerprint density at radius 1 is 0.600 bits per heavy atom. The van der Waals surface area contributed by atoms with Gasteiger partial charge in [-0.3, -0.25) is 8.37 Å². The van der Waals surface area contributed by atoms with E-state index in [-0.39, 0.29) is 34.5 Å². The minimum atomic E-state index is -3.55. The Hall–Kier alpha value is -2.40. The molecule has 0 unspecified atom stereocenters. The van der Waals surface area contributed by atoms with Gasteiger partial charge in [-0.2, -0.15) is 16.8 Å². The number of aliphatic hydroxyl groups is 1. The van der Waals surface area contributed by atoms with Gasteiger partial charge in [0.1, 0.15) is 0 Å². The van der Waals surface area contributed by atoms with Crippen LogP contribution in [0.15, 0.2) is 87.5 Å². The highest BCUT2D eigenvalue weighted by molar-refractivity contribution is 8.13. The van der Waals surface area contributed by atoms with Crippen LogP contribution in [0.4, 0.5) is 0 Å². The summed E-state index contributed by atoms with van der Waals surface area (Å²) in [6.07, 6.45) is 0. The number of hydrogen-bond acceptors (Lipinski definition) is 11. The van der Waals surface area contributed by atoms with Gasteiger partial charge in [-0.1, -0.05) is 53.1 Å². The first kappa shape index (κ1) is 47.0. The van der Waals surface area contributed by atoms with Crippen LogP contribution in [0.2, 0.25) is 0 Å². The molecule has 0 spiro atoms. The van der Waals surface area contributed by atoms with Gasteiger partial charge in [0, 0.05) is 17.3 Å². The van der Waals surface area contributed by atoms with Crippen LogP contribution >= 0.6 is 10.7 Å². The first-order chi connectivity index (χ1) is 20.9. The number of hydrogen-bond donors (Lipinski definition) is 3. The lowest BCUT2D eigenvalue weighted by molar-refractivity contribution is 0.318. The van der Waals surface area contributed by atoms with Crippen molar-refractivity contribution in [1.82, 2.24) is 5.32 Å². The number of rotatable bonds is 7. The van der Waals surface area contributed by atoms with Crippen molar-refractivity contribution >= 4 is 40.0 Å². The molecule has 3 aromatic carbocycles. The Labute approximate surface area is 275 Å². The van der Waals surface area contributed by atoms with E-state index in [2.05, 4.69) is 19.4 Å². The van der Waals surface area contributed by atoms with E-state index in [0.717, 1.165) is 16.7 Å². The highest BCUT2D eigenvalue weighted by Crippen LogP contribution is 2.15. The van der Waals surface area contributed by atoms with E-state index in [1.54, 1.807) is 81.4 Å². The molecule has 0 saturated heterocycles. The lowest BCUT2D eigenvalue weighted by Gasteiger charge is -2.02. The van der Waals surface area contributed by atoms with Crippen LogP contribution in [0.25, 0.3) is 0 Å². The van der Waals surface area contributed by atoms with E-state index in [4.69, 9.17) is 15.8 Å². The first-order valence-electron chi connectivity index (χ1n) is 13.7. The van der Waals surface area contributed by atoms with Gasteiger partial charge >= 0.3 is 0 Å². The van der Waals surface area contributed by atoms with Crippen LogP contribution in [-0.2, 0) is 37.7 Å². The van der Waals surface area contributed by atoms with Crippen molar-refractivity contribution in [2.75, 3.05) is 41.0 Å². The van der Waals surface area contributed by atoms with Crippen LogP contribution in [0.3, 0.4) is 0 Å². The normalized spacial score (nSPS) is 10.4. The van der Waals surface area contributed by atoms with Crippen molar-refractivity contribution in [1.29, 1.82) is 0 Å². The predicted octanol–water partition coefficient (Wildman–Crippen LogP) is 4.77. The fraction of sp³-hybridized carbons (Fsp3) is 0.400. The van der Waals surface area contributed by atoms with Crippen molar-refractivity contribution in [3.63, 3.8) is 0 Å². The third kappa shape index (κ3) is 22.7. The number of benzene rings is 3. The van der Waals surface area contributed by atoms with Crippen molar-refractivity contribution < 1.29 is 38.7 Å². The highest BCUT2D eigenvalue weighted by atomic mass is 35.7. The molecule has 4 N–H and O–H groups in total.